The van der Waals surface area contributed by atoms with Gasteiger partial charge in [0.15, 0.2) is 0 Å². The predicted octanol–water partition coefficient (Wildman–Crippen LogP) is 3.90. The van der Waals surface area contributed by atoms with Crippen molar-refractivity contribution in [3.63, 3.8) is 0 Å². The van der Waals surface area contributed by atoms with Gasteiger partial charge >= 0.3 is 5.97 Å². The Kier molecular flexibility index (Phi) is 10.7. The van der Waals surface area contributed by atoms with Gasteiger partial charge in [0, 0.05) is 6.42 Å². The van der Waals surface area contributed by atoms with Crippen molar-refractivity contribution < 1.29 is 14.3 Å². The quantitative estimate of drug-likeness (QED) is 0.320. The Morgan fingerprint density at radius 2 is 1.56 bits per heavy atom. The van der Waals surface area contributed by atoms with Crippen LogP contribution in [0.3, 0.4) is 0 Å². The van der Waals surface area contributed by atoms with Crippen molar-refractivity contribution in [3.8, 4) is 0 Å². The number of unbranched alkanes of at least 4 members (excludes halogenated alkanes) is 5. The lowest BCUT2D eigenvalue weighted by molar-refractivity contribution is -0.152. The van der Waals surface area contributed by atoms with Gasteiger partial charge in [-0.05, 0) is 12.8 Å². The molecule has 0 bridgehead atoms. The Bertz CT molecular complexity index is 236. The van der Waals surface area contributed by atoms with E-state index in [0.717, 1.165) is 12.8 Å². The van der Waals surface area contributed by atoms with Crippen LogP contribution in [0.25, 0.3) is 0 Å². The van der Waals surface area contributed by atoms with Crippen LogP contribution >= 0.6 is 0 Å². The van der Waals surface area contributed by atoms with E-state index in [1.165, 1.54) is 25.7 Å². The van der Waals surface area contributed by atoms with E-state index in [9.17, 15) is 9.59 Å². The zero-order valence-electron chi connectivity index (χ0n) is 12.2. The van der Waals surface area contributed by atoms with Crippen LogP contribution in [0.4, 0.5) is 0 Å². The maximum absolute atomic E-state index is 11.7. The van der Waals surface area contributed by atoms with Gasteiger partial charge in [-0.15, -0.1) is 0 Å². The molecule has 0 aromatic carbocycles. The van der Waals surface area contributed by atoms with Crippen LogP contribution in [0.5, 0.6) is 0 Å². The van der Waals surface area contributed by atoms with Crippen molar-refractivity contribution in [3.05, 3.63) is 0 Å². The highest BCUT2D eigenvalue weighted by molar-refractivity contribution is 5.98. The molecule has 0 aliphatic carbocycles. The van der Waals surface area contributed by atoms with E-state index < -0.39 is 5.92 Å². The lowest BCUT2D eigenvalue weighted by atomic mass is 10.00. The second-order valence-corrected chi connectivity index (χ2v) is 4.72. The van der Waals surface area contributed by atoms with E-state index in [1.807, 2.05) is 6.92 Å². The minimum absolute atomic E-state index is 0.00885. The predicted molar refractivity (Wildman–Crippen MR) is 73.4 cm³/mol. The molecule has 0 aromatic rings. The summed E-state index contributed by atoms with van der Waals surface area (Å²) in [5.74, 6) is -0.890. The molecule has 0 aliphatic rings. The third-order valence-electron chi connectivity index (χ3n) is 3.17. The Balaban J connectivity index is 3.65. The van der Waals surface area contributed by atoms with Gasteiger partial charge in [-0.1, -0.05) is 52.9 Å². The van der Waals surface area contributed by atoms with Crippen LogP contribution in [0.2, 0.25) is 0 Å². The molecule has 0 saturated heterocycles. The molecule has 3 heteroatoms. The number of hydrogen-bond acceptors (Lipinski definition) is 3. The standard InChI is InChI=1S/C15H28O3/c1-4-7-8-9-10-11-12-18-15(17)13(5-2)14(16)6-3/h13H,4-12H2,1-3H3. The molecule has 106 valence electrons. The van der Waals surface area contributed by atoms with Gasteiger partial charge in [0.1, 0.15) is 11.7 Å². The zero-order chi connectivity index (χ0) is 13.8. The topological polar surface area (TPSA) is 43.4 Å². The van der Waals surface area contributed by atoms with Crippen LogP contribution in [-0.2, 0) is 14.3 Å². The maximum Gasteiger partial charge on any atom is 0.316 e. The molecule has 0 rings (SSSR count). The van der Waals surface area contributed by atoms with E-state index in [-0.39, 0.29) is 11.8 Å². The first-order chi connectivity index (χ1) is 8.67. The van der Waals surface area contributed by atoms with E-state index in [1.54, 1.807) is 6.92 Å². The van der Waals surface area contributed by atoms with E-state index in [4.69, 9.17) is 4.74 Å². The van der Waals surface area contributed by atoms with E-state index >= 15 is 0 Å². The average molecular weight is 256 g/mol. The number of carbonyl (C=O) groups is 2. The fraction of sp³-hybridized carbons (Fsp3) is 0.867. The summed E-state index contributed by atoms with van der Waals surface area (Å²) in [4.78, 5) is 23.2. The molecule has 0 radical (unpaired) electrons. The summed E-state index contributed by atoms with van der Waals surface area (Å²) >= 11 is 0. The highest BCUT2D eigenvalue weighted by Crippen LogP contribution is 2.10. The monoisotopic (exact) mass is 256 g/mol. The molecule has 0 fully saturated rings. The highest BCUT2D eigenvalue weighted by atomic mass is 16.5. The fourth-order valence-electron chi connectivity index (χ4n) is 1.93. The van der Waals surface area contributed by atoms with Crippen LogP contribution < -0.4 is 0 Å². The van der Waals surface area contributed by atoms with E-state index in [0.29, 0.717) is 19.4 Å². The van der Waals surface area contributed by atoms with Crippen LogP contribution in [0.15, 0.2) is 0 Å². The highest BCUT2D eigenvalue weighted by Gasteiger charge is 2.24. The first-order valence-electron chi connectivity index (χ1n) is 7.36. The minimum atomic E-state index is -0.546. The van der Waals surface area contributed by atoms with Crippen molar-refractivity contribution in [2.75, 3.05) is 6.61 Å². The number of carbonyl (C=O) groups excluding carboxylic acids is 2. The summed E-state index contributed by atoms with van der Waals surface area (Å²) in [6.45, 7) is 6.28. The lowest BCUT2D eigenvalue weighted by Crippen LogP contribution is -2.25. The fourth-order valence-corrected chi connectivity index (χ4v) is 1.93. The van der Waals surface area contributed by atoms with Gasteiger partial charge in [-0.3, -0.25) is 9.59 Å². The number of esters is 1. The lowest BCUT2D eigenvalue weighted by Gasteiger charge is -2.12. The second-order valence-electron chi connectivity index (χ2n) is 4.72. The molecule has 18 heavy (non-hydrogen) atoms. The van der Waals surface area contributed by atoms with Crippen molar-refractivity contribution in [2.24, 2.45) is 5.92 Å². The average Bonchev–Trinajstić information content (AvgIpc) is 2.38. The number of ether oxygens (including phenoxy) is 1. The molecule has 0 aromatic heterocycles. The molecular weight excluding hydrogens is 228 g/mol. The molecule has 0 N–H and O–H groups in total. The number of Topliss-reactive ketones (excluding diaryl/α,β-unsaturated/α-hetero) is 1. The van der Waals surface area contributed by atoms with Gasteiger partial charge < -0.3 is 4.74 Å². The van der Waals surface area contributed by atoms with Crippen molar-refractivity contribution in [2.45, 2.75) is 72.1 Å². The molecule has 0 saturated carbocycles. The number of rotatable bonds is 11. The second kappa shape index (κ2) is 11.2. The molecule has 0 aliphatic heterocycles. The number of hydrogen-bond donors (Lipinski definition) is 0. The third kappa shape index (κ3) is 7.46. The van der Waals surface area contributed by atoms with Crippen LogP contribution in [0.1, 0.15) is 72.1 Å². The Morgan fingerprint density at radius 1 is 0.944 bits per heavy atom. The van der Waals surface area contributed by atoms with E-state index in [2.05, 4.69) is 6.92 Å². The summed E-state index contributed by atoms with van der Waals surface area (Å²) in [6, 6.07) is 0. The van der Waals surface area contributed by atoms with Gasteiger partial charge in [-0.25, -0.2) is 0 Å². The van der Waals surface area contributed by atoms with Crippen molar-refractivity contribution in [1.82, 2.24) is 0 Å². The Morgan fingerprint density at radius 3 is 2.11 bits per heavy atom. The summed E-state index contributed by atoms with van der Waals surface area (Å²) in [6.07, 6.45) is 7.95. The molecule has 0 heterocycles. The van der Waals surface area contributed by atoms with Gasteiger partial charge in [0.2, 0.25) is 0 Å². The first-order valence-corrected chi connectivity index (χ1v) is 7.36. The molecule has 3 nitrogen and oxygen atoms in total. The summed E-state index contributed by atoms with van der Waals surface area (Å²) in [7, 11) is 0. The summed E-state index contributed by atoms with van der Waals surface area (Å²) < 4.78 is 5.16. The molecule has 1 atom stereocenters. The maximum atomic E-state index is 11.7. The normalized spacial score (nSPS) is 12.2. The van der Waals surface area contributed by atoms with Crippen LogP contribution in [-0.4, -0.2) is 18.4 Å². The molecule has 0 amide bonds. The molecule has 0 spiro atoms. The van der Waals surface area contributed by atoms with Gasteiger partial charge in [0.25, 0.3) is 0 Å². The molecular formula is C15H28O3. The minimum Gasteiger partial charge on any atom is -0.465 e. The van der Waals surface area contributed by atoms with Gasteiger partial charge in [-0.2, -0.15) is 0 Å². The smallest absolute Gasteiger partial charge is 0.316 e. The SMILES string of the molecule is CCCCCCCCOC(=O)C(CC)C(=O)CC. The Labute approximate surface area is 111 Å². The molecule has 1 unspecified atom stereocenters. The van der Waals surface area contributed by atoms with Crippen LogP contribution in [0, 0.1) is 5.92 Å². The Hall–Kier alpha value is -0.860. The van der Waals surface area contributed by atoms with Gasteiger partial charge in [0.05, 0.1) is 6.61 Å². The van der Waals surface area contributed by atoms with Crippen molar-refractivity contribution in [1.29, 1.82) is 0 Å². The summed E-state index contributed by atoms with van der Waals surface area (Å²) in [5, 5.41) is 0. The third-order valence-corrected chi connectivity index (χ3v) is 3.17. The summed E-state index contributed by atoms with van der Waals surface area (Å²) in [5.41, 5.74) is 0. The zero-order valence-corrected chi connectivity index (χ0v) is 12.2. The largest absolute Gasteiger partial charge is 0.465 e. The van der Waals surface area contributed by atoms with Crippen molar-refractivity contribution >= 4 is 11.8 Å². The number of ketones is 1. The first kappa shape index (κ1) is 17.1.